The molecule has 4 N–H and O–H groups in total. The van der Waals surface area contributed by atoms with Gasteiger partial charge in [-0.15, -0.1) is 12.4 Å². The Morgan fingerprint density at radius 1 is 1.25 bits per heavy atom. The third-order valence-electron chi connectivity index (χ3n) is 4.80. The molecule has 2 rings (SSSR count). The topological polar surface area (TPSA) is 120 Å². The van der Waals surface area contributed by atoms with E-state index < -0.39 is 15.6 Å². The van der Waals surface area contributed by atoms with Gasteiger partial charge in [0.1, 0.15) is 0 Å². The van der Waals surface area contributed by atoms with Gasteiger partial charge in [-0.3, -0.25) is 4.79 Å². The number of carbonyl (C=O) groups is 1. The number of benzene rings is 1. The first-order chi connectivity index (χ1) is 12.7. The van der Waals surface area contributed by atoms with E-state index in [0.29, 0.717) is 31.3 Å². The second kappa shape index (κ2) is 10.3. The molecule has 0 radical (unpaired) electrons. The van der Waals surface area contributed by atoms with Crippen molar-refractivity contribution in [1.82, 2.24) is 10.0 Å². The van der Waals surface area contributed by atoms with Gasteiger partial charge in [-0.05, 0) is 25.0 Å². The van der Waals surface area contributed by atoms with Crippen LogP contribution in [0.1, 0.15) is 33.6 Å². The summed E-state index contributed by atoms with van der Waals surface area (Å²) in [4.78, 5) is 12.2. The first-order valence-corrected chi connectivity index (χ1v) is 10.6. The quantitative estimate of drug-likeness (QED) is 0.568. The van der Waals surface area contributed by atoms with Crippen molar-refractivity contribution >= 4 is 28.3 Å². The standard InChI is InChI=1S/C18H29N3O5S.ClH/c1-13(2)18(3,12-19)21-17(22)7-8-20-27(23,24)14-5-6-15-16(11-14)26-10-4-9-25-15;/h5-6,11,13,20H,4,7-10,12,19H2,1-3H3,(H,21,22);1H. The molecule has 0 fully saturated rings. The fraction of sp³-hybridized carbons (Fsp3) is 0.611. The molecule has 1 heterocycles. The molecule has 0 spiro atoms. The van der Waals surface area contributed by atoms with Crippen LogP contribution < -0.4 is 25.2 Å². The first-order valence-electron chi connectivity index (χ1n) is 9.08. The van der Waals surface area contributed by atoms with Crippen molar-refractivity contribution < 1.29 is 22.7 Å². The summed E-state index contributed by atoms with van der Waals surface area (Å²) in [6, 6.07) is 4.48. The Morgan fingerprint density at radius 2 is 1.89 bits per heavy atom. The molecule has 10 heteroatoms. The van der Waals surface area contributed by atoms with Crippen LogP contribution in [0.3, 0.4) is 0 Å². The third-order valence-corrected chi connectivity index (χ3v) is 6.26. The van der Waals surface area contributed by atoms with Gasteiger partial charge in [0.15, 0.2) is 11.5 Å². The summed E-state index contributed by atoms with van der Waals surface area (Å²) < 4.78 is 38.4. The average Bonchev–Trinajstić information content (AvgIpc) is 2.85. The molecule has 1 unspecified atom stereocenters. The van der Waals surface area contributed by atoms with Crippen molar-refractivity contribution in [3.8, 4) is 11.5 Å². The number of halogens is 1. The smallest absolute Gasteiger partial charge is 0.240 e. The number of sulfonamides is 1. The van der Waals surface area contributed by atoms with Gasteiger partial charge in [-0.25, -0.2) is 13.1 Å². The molecule has 1 amide bonds. The maximum atomic E-state index is 12.5. The number of hydrogen-bond donors (Lipinski definition) is 3. The number of nitrogens with one attached hydrogen (secondary N) is 2. The monoisotopic (exact) mass is 435 g/mol. The van der Waals surface area contributed by atoms with E-state index in [1.807, 2.05) is 20.8 Å². The van der Waals surface area contributed by atoms with Gasteiger partial charge in [0.25, 0.3) is 0 Å². The van der Waals surface area contributed by atoms with Crippen LogP contribution in [0.25, 0.3) is 0 Å². The highest BCUT2D eigenvalue weighted by Gasteiger charge is 2.28. The van der Waals surface area contributed by atoms with Crippen LogP contribution in [0.4, 0.5) is 0 Å². The van der Waals surface area contributed by atoms with E-state index in [1.54, 1.807) is 6.07 Å². The van der Waals surface area contributed by atoms with Gasteiger partial charge in [0.05, 0.1) is 23.6 Å². The van der Waals surface area contributed by atoms with Crippen molar-refractivity contribution in [1.29, 1.82) is 0 Å². The van der Waals surface area contributed by atoms with E-state index >= 15 is 0 Å². The zero-order valence-corrected chi connectivity index (χ0v) is 18.1. The zero-order chi connectivity index (χ0) is 20.1. The summed E-state index contributed by atoms with van der Waals surface area (Å²) >= 11 is 0. The summed E-state index contributed by atoms with van der Waals surface area (Å²) in [5, 5.41) is 2.88. The number of rotatable bonds is 8. The average molecular weight is 436 g/mol. The van der Waals surface area contributed by atoms with Crippen molar-refractivity contribution in [3.05, 3.63) is 18.2 Å². The molecule has 0 bridgehead atoms. The number of hydrogen-bond acceptors (Lipinski definition) is 6. The Morgan fingerprint density at radius 3 is 2.50 bits per heavy atom. The summed E-state index contributed by atoms with van der Waals surface area (Å²) in [7, 11) is -3.76. The van der Waals surface area contributed by atoms with E-state index in [-0.39, 0.29) is 42.1 Å². The summed E-state index contributed by atoms with van der Waals surface area (Å²) in [6.07, 6.45) is 0.758. The summed E-state index contributed by atoms with van der Waals surface area (Å²) in [5.74, 6) is 0.840. The van der Waals surface area contributed by atoms with Crippen molar-refractivity contribution in [2.75, 3.05) is 26.3 Å². The summed E-state index contributed by atoms with van der Waals surface area (Å²) in [6.45, 7) is 7.11. The fourth-order valence-electron chi connectivity index (χ4n) is 2.51. The molecule has 8 nitrogen and oxygen atoms in total. The first kappa shape index (κ1) is 24.5. The van der Waals surface area contributed by atoms with Crippen LogP contribution in [0.5, 0.6) is 11.5 Å². The molecular weight excluding hydrogens is 406 g/mol. The molecule has 1 aliphatic rings. The summed E-state index contributed by atoms with van der Waals surface area (Å²) in [5.41, 5.74) is 5.23. The van der Waals surface area contributed by atoms with Crippen LogP contribution in [-0.4, -0.2) is 46.2 Å². The number of fused-ring (bicyclic) bond motifs is 1. The minimum absolute atomic E-state index is 0. The predicted octanol–water partition coefficient (Wildman–Crippen LogP) is 1.43. The van der Waals surface area contributed by atoms with Crippen LogP contribution in [0, 0.1) is 5.92 Å². The largest absolute Gasteiger partial charge is 0.490 e. The molecule has 0 aliphatic carbocycles. The number of carbonyl (C=O) groups excluding carboxylic acids is 1. The van der Waals surface area contributed by atoms with E-state index in [9.17, 15) is 13.2 Å². The number of amides is 1. The molecule has 0 saturated carbocycles. The fourth-order valence-corrected chi connectivity index (χ4v) is 3.55. The lowest BCUT2D eigenvalue weighted by atomic mass is 9.88. The van der Waals surface area contributed by atoms with Crippen LogP contribution in [0.2, 0.25) is 0 Å². The second-order valence-electron chi connectivity index (χ2n) is 7.13. The zero-order valence-electron chi connectivity index (χ0n) is 16.5. The van der Waals surface area contributed by atoms with E-state index in [0.717, 1.165) is 6.42 Å². The lowest BCUT2D eigenvalue weighted by Gasteiger charge is -2.33. The normalized spacial score (nSPS) is 15.9. The van der Waals surface area contributed by atoms with Crippen molar-refractivity contribution in [2.45, 2.75) is 44.0 Å². The molecule has 1 aliphatic heterocycles. The van der Waals surface area contributed by atoms with Crippen LogP contribution in [0.15, 0.2) is 23.1 Å². The van der Waals surface area contributed by atoms with E-state index in [1.165, 1.54) is 12.1 Å². The number of ether oxygens (including phenoxy) is 2. The Bertz CT molecular complexity index is 772. The van der Waals surface area contributed by atoms with Gasteiger partial charge >= 0.3 is 0 Å². The van der Waals surface area contributed by atoms with Crippen LogP contribution >= 0.6 is 12.4 Å². The maximum absolute atomic E-state index is 12.5. The van der Waals surface area contributed by atoms with Gasteiger partial charge < -0.3 is 20.5 Å². The molecular formula is C18H30ClN3O5S. The highest BCUT2D eigenvalue weighted by Crippen LogP contribution is 2.31. The van der Waals surface area contributed by atoms with Gasteiger partial charge in [0, 0.05) is 32.0 Å². The Labute approximate surface area is 173 Å². The minimum Gasteiger partial charge on any atom is -0.490 e. The van der Waals surface area contributed by atoms with Crippen molar-refractivity contribution in [2.24, 2.45) is 11.7 Å². The highest BCUT2D eigenvalue weighted by molar-refractivity contribution is 7.89. The molecule has 160 valence electrons. The number of nitrogens with two attached hydrogens (primary N) is 1. The lowest BCUT2D eigenvalue weighted by molar-refractivity contribution is -0.123. The lowest BCUT2D eigenvalue weighted by Crippen LogP contribution is -2.55. The maximum Gasteiger partial charge on any atom is 0.240 e. The molecule has 1 aromatic carbocycles. The van der Waals surface area contributed by atoms with E-state index in [2.05, 4.69) is 10.0 Å². The highest BCUT2D eigenvalue weighted by atomic mass is 35.5. The van der Waals surface area contributed by atoms with Gasteiger partial charge in [-0.1, -0.05) is 13.8 Å². The molecule has 0 saturated heterocycles. The third kappa shape index (κ3) is 6.23. The molecule has 0 aromatic heterocycles. The minimum atomic E-state index is -3.76. The van der Waals surface area contributed by atoms with Crippen molar-refractivity contribution in [3.63, 3.8) is 0 Å². The van der Waals surface area contributed by atoms with Gasteiger partial charge in [0.2, 0.25) is 15.9 Å². The SMILES string of the molecule is CC(C)C(C)(CN)NC(=O)CCNS(=O)(=O)c1ccc2c(c1)OCCCO2.Cl. The van der Waals surface area contributed by atoms with Gasteiger partial charge in [-0.2, -0.15) is 0 Å². The molecule has 1 atom stereocenters. The Hall–Kier alpha value is -1.55. The Balaban J connectivity index is 0.00000392. The predicted molar refractivity (Wildman–Crippen MR) is 110 cm³/mol. The Kier molecular flexibility index (Phi) is 9.00. The van der Waals surface area contributed by atoms with E-state index in [4.69, 9.17) is 15.2 Å². The molecule has 28 heavy (non-hydrogen) atoms. The van der Waals surface area contributed by atoms with Crippen LogP contribution in [-0.2, 0) is 14.8 Å². The molecule has 1 aromatic rings. The second-order valence-corrected chi connectivity index (χ2v) is 8.90.